The third-order valence-electron chi connectivity index (χ3n) is 3.18. The number of nitrogens with one attached hydrogen (secondary N) is 1. The van der Waals surface area contributed by atoms with Gasteiger partial charge in [0.25, 0.3) is 5.91 Å². The number of halogens is 2. The van der Waals surface area contributed by atoms with Gasteiger partial charge < -0.3 is 9.84 Å². The molecular formula is C16H14Br2N2O3. The first-order valence-corrected chi connectivity index (χ1v) is 8.17. The molecule has 0 aliphatic heterocycles. The summed E-state index contributed by atoms with van der Waals surface area (Å²) in [6, 6.07) is 8.61. The maximum absolute atomic E-state index is 12.2. The van der Waals surface area contributed by atoms with Crippen molar-refractivity contribution >= 4 is 44.0 Å². The number of ether oxygens (including phenoxy) is 1. The molecule has 0 aliphatic rings. The van der Waals surface area contributed by atoms with Gasteiger partial charge in [0.05, 0.1) is 17.8 Å². The highest BCUT2D eigenvalue weighted by Crippen LogP contribution is 2.30. The first-order valence-electron chi connectivity index (χ1n) is 6.59. The van der Waals surface area contributed by atoms with E-state index in [4.69, 9.17) is 4.74 Å². The smallest absolute Gasteiger partial charge is 0.271 e. The third kappa shape index (κ3) is 4.11. The molecule has 0 aromatic heterocycles. The Morgan fingerprint density at radius 3 is 2.78 bits per heavy atom. The molecule has 120 valence electrons. The van der Waals surface area contributed by atoms with Crippen LogP contribution in [0.2, 0.25) is 0 Å². The largest absolute Gasteiger partial charge is 0.506 e. The second-order valence-electron chi connectivity index (χ2n) is 4.66. The summed E-state index contributed by atoms with van der Waals surface area (Å²) in [5.74, 6) is 0.324. The third-order valence-corrected chi connectivity index (χ3v) is 4.24. The van der Waals surface area contributed by atoms with E-state index in [0.29, 0.717) is 21.3 Å². The van der Waals surface area contributed by atoms with Gasteiger partial charge in [0, 0.05) is 21.2 Å². The average molecular weight is 442 g/mol. The molecule has 1 amide bonds. The van der Waals surface area contributed by atoms with Gasteiger partial charge >= 0.3 is 0 Å². The summed E-state index contributed by atoms with van der Waals surface area (Å²) in [5, 5.41) is 13.8. The quantitative estimate of drug-likeness (QED) is 0.556. The van der Waals surface area contributed by atoms with Crippen LogP contribution in [0.4, 0.5) is 0 Å². The lowest BCUT2D eigenvalue weighted by molar-refractivity contribution is 0.0954. The molecule has 0 aliphatic carbocycles. The minimum absolute atomic E-state index is 0.0451. The molecule has 0 heterocycles. The van der Waals surface area contributed by atoms with Crippen LogP contribution in [-0.4, -0.2) is 24.3 Å². The number of phenolic OH excluding ortho intramolecular Hbond substituents is 1. The number of nitrogens with zero attached hydrogens (tertiary/aromatic N) is 1. The Labute approximate surface area is 150 Å². The lowest BCUT2D eigenvalue weighted by Gasteiger charge is -2.08. The second kappa shape index (κ2) is 7.61. The van der Waals surface area contributed by atoms with E-state index in [-0.39, 0.29) is 11.7 Å². The van der Waals surface area contributed by atoms with Crippen LogP contribution in [0.5, 0.6) is 11.5 Å². The molecule has 0 saturated carbocycles. The van der Waals surface area contributed by atoms with Gasteiger partial charge in [-0.05, 0) is 47.1 Å². The predicted molar refractivity (Wildman–Crippen MR) is 96.3 cm³/mol. The van der Waals surface area contributed by atoms with Crippen LogP contribution in [0, 0.1) is 6.92 Å². The van der Waals surface area contributed by atoms with Crippen molar-refractivity contribution in [3.05, 3.63) is 56.0 Å². The van der Waals surface area contributed by atoms with E-state index in [9.17, 15) is 9.90 Å². The van der Waals surface area contributed by atoms with Gasteiger partial charge in [0.2, 0.25) is 0 Å². The van der Waals surface area contributed by atoms with E-state index >= 15 is 0 Å². The number of hydrogen-bond acceptors (Lipinski definition) is 4. The lowest BCUT2D eigenvalue weighted by Crippen LogP contribution is -2.19. The van der Waals surface area contributed by atoms with E-state index in [0.717, 1.165) is 10.0 Å². The molecule has 2 aromatic rings. The molecule has 2 aromatic carbocycles. The Morgan fingerprint density at radius 2 is 2.09 bits per heavy atom. The van der Waals surface area contributed by atoms with Gasteiger partial charge in [-0.15, -0.1) is 0 Å². The molecule has 0 fully saturated rings. The number of rotatable bonds is 4. The molecule has 2 rings (SSSR count). The monoisotopic (exact) mass is 440 g/mol. The molecule has 23 heavy (non-hydrogen) atoms. The molecule has 0 saturated heterocycles. The van der Waals surface area contributed by atoms with Gasteiger partial charge in [-0.25, -0.2) is 5.43 Å². The van der Waals surface area contributed by atoms with Crippen LogP contribution < -0.4 is 10.2 Å². The van der Waals surface area contributed by atoms with Crippen molar-refractivity contribution in [1.29, 1.82) is 0 Å². The van der Waals surface area contributed by atoms with Crippen LogP contribution in [0.15, 0.2) is 44.4 Å². The van der Waals surface area contributed by atoms with Crippen molar-refractivity contribution in [2.45, 2.75) is 6.92 Å². The summed E-state index contributed by atoms with van der Waals surface area (Å²) in [4.78, 5) is 12.2. The van der Waals surface area contributed by atoms with Crippen molar-refractivity contribution in [3.63, 3.8) is 0 Å². The van der Waals surface area contributed by atoms with Crippen LogP contribution in [0.1, 0.15) is 21.5 Å². The average Bonchev–Trinajstić information content (AvgIpc) is 2.52. The van der Waals surface area contributed by atoms with Crippen molar-refractivity contribution in [1.82, 2.24) is 5.43 Å². The number of phenols is 1. The minimum atomic E-state index is -0.355. The molecule has 0 unspecified atom stereocenters. The number of aromatic hydroxyl groups is 1. The van der Waals surface area contributed by atoms with Gasteiger partial charge in [-0.1, -0.05) is 22.0 Å². The van der Waals surface area contributed by atoms with Gasteiger partial charge in [-0.3, -0.25) is 4.79 Å². The van der Waals surface area contributed by atoms with Crippen LogP contribution in [-0.2, 0) is 0 Å². The summed E-state index contributed by atoms with van der Waals surface area (Å²) in [6.07, 6.45) is 1.37. The topological polar surface area (TPSA) is 70.9 Å². The zero-order valence-electron chi connectivity index (χ0n) is 12.4. The molecule has 0 bridgehead atoms. The van der Waals surface area contributed by atoms with E-state index in [1.54, 1.807) is 44.4 Å². The normalized spacial score (nSPS) is 10.8. The van der Waals surface area contributed by atoms with Gasteiger partial charge in [-0.2, -0.15) is 5.10 Å². The first-order chi connectivity index (χ1) is 10.9. The van der Waals surface area contributed by atoms with Gasteiger partial charge in [0.15, 0.2) is 0 Å². The van der Waals surface area contributed by atoms with Gasteiger partial charge in [0.1, 0.15) is 11.5 Å². The van der Waals surface area contributed by atoms with Crippen molar-refractivity contribution < 1.29 is 14.6 Å². The van der Waals surface area contributed by atoms with E-state index < -0.39 is 0 Å². The van der Waals surface area contributed by atoms with E-state index in [1.165, 1.54) is 6.21 Å². The number of carbonyl (C=O) groups is 1. The fraction of sp³-hybridized carbons (Fsp3) is 0.125. The zero-order valence-corrected chi connectivity index (χ0v) is 15.6. The molecule has 7 heteroatoms. The number of amides is 1. The Bertz CT molecular complexity index is 776. The zero-order chi connectivity index (χ0) is 17.0. The first kappa shape index (κ1) is 17.5. The van der Waals surface area contributed by atoms with E-state index in [2.05, 4.69) is 42.4 Å². The molecule has 2 N–H and O–H groups in total. The fourth-order valence-corrected chi connectivity index (χ4v) is 3.24. The van der Waals surface area contributed by atoms with Crippen molar-refractivity contribution in [3.8, 4) is 11.5 Å². The highest BCUT2D eigenvalue weighted by atomic mass is 79.9. The number of methoxy groups -OCH3 is 1. The fourth-order valence-electron chi connectivity index (χ4n) is 1.99. The second-order valence-corrected chi connectivity index (χ2v) is 6.43. The maximum Gasteiger partial charge on any atom is 0.271 e. The summed E-state index contributed by atoms with van der Waals surface area (Å²) in [6.45, 7) is 1.80. The number of benzene rings is 2. The summed E-state index contributed by atoms with van der Waals surface area (Å²) < 4.78 is 6.50. The maximum atomic E-state index is 12.2. The Kier molecular flexibility index (Phi) is 5.79. The highest BCUT2D eigenvalue weighted by Gasteiger charge is 2.11. The molecule has 5 nitrogen and oxygen atoms in total. The molecule has 0 atom stereocenters. The van der Waals surface area contributed by atoms with Crippen LogP contribution >= 0.6 is 31.9 Å². The Morgan fingerprint density at radius 1 is 1.35 bits per heavy atom. The summed E-state index contributed by atoms with van der Waals surface area (Å²) in [7, 11) is 1.55. The number of hydrazone groups is 1. The van der Waals surface area contributed by atoms with Crippen molar-refractivity contribution in [2.75, 3.05) is 7.11 Å². The van der Waals surface area contributed by atoms with E-state index in [1.807, 2.05) is 0 Å². The SMILES string of the molecule is COc1cccc(C(=O)NN=Cc2cc(Br)cc(Br)c2O)c1C. The lowest BCUT2D eigenvalue weighted by atomic mass is 10.1. The summed E-state index contributed by atoms with van der Waals surface area (Å²) >= 11 is 6.56. The number of hydrogen-bond donors (Lipinski definition) is 2. The molecular weight excluding hydrogens is 428 g/mol. The van der Waals surface area contributed by atoms with Crippen LogP contribution in [0.3, 0.4) is 0 Å². The predicted octanol–water partition coefficient (Wildman–Crippen LogP) is 4.00. The molecule has 0 spiro atoms. The van der Waals surface area contributed by atoms with Crippen LogP contribution in [0.25, 0.3) is 0 Å². The Hall–Kier alpha value is -1.86. The highest BCUT2D eigenvalue weighted by molar-refractivity contribution is 9.11. The standard InChI is InChI=1S/C16H14Br2N2O3/c1-9-12(4-3-5-14(9)23-2)16(22)20-19-8-10-6-11(17)7-13(18)15(10)21/h3-8,21H,1-2H3,(H,20,22). The Balaban J connectivity index is 2.17. The molecule has 0 radical (unpaired) electrons. The summed E-state index contributed by atoms with van der Waals surface area (Å²) in [5.41, 5.74) is 4.11. The number of carbonyl (C=O) groups excluding carboxylic acids is 1. The minimum Gasteiger partial charge on any atom is -0.506 e. The van der Waals surface area contributed by atoms with Crippen molar-refractivity contribution in [2.24, 2.45) is 5.10 Å².